The van der Waals surface area contributed by atoms with Crippen molar-refractivity contribution in [2.45, 2.75) is 12.8 Å². The zero-order valence-electron chi connectivity index (χ0n) is 17.2. The first-order chi connectivity index (χ1) is 15.1. The van der Waals surface area contributed by atoms with E-state index in [2.05, 4.69) is 4.99 Å². The molecule has 0 bridgehead atoms. The molecule has 3 aromatic carbocycles. The Hall–Kier alpha value is -3.60. The molecule has 1 aliphatic rings. The van der Waals surface area contributed by atoms with Crippen LogP contribution in [0.4, 0.5) is 10.1 Å². The van der Waals surface area contributed by atoms with Crippen LogP contribution in [0, 0.1) is 17.1 Å². The van der Waals surface area contributed by atoms with Crippen molar-refractivity contribution in [1.29, 1.82) is 5.41 Å². The van der Waals surface area contributed by atoms with Crippen LogP contribution in [0.1, 0.15) is 34.3 Å². The van der Waals surface area contributed by atoms with Crippen LogP contribution >= 0.6 is 0 Å². The van der Waals surface area contributed by atoms with Crippen LogP contribution in [-0.2, 0) is 0 Å². The van der Waals surface area contributed by atoms with Gasteiger partial charge < -0.3 is 4.90 Å². The summed E-state index contributed by atoms with van der Waals surface area (Å²) >= 11 is 0. The summed E-state index contributed by atoms with van der Waals surface area (Å²) in [4.78, 5) is 19.3. The Morgan fingerprint density at radius 1 is 0.903 bits per heavy atom. The minimum atomic E-state index is -0.369. The summed E-state index contributed by atoms with van der Waals surface area (Å²) in [5.41, 5.74) is 2.95. The Balaban J connectivity index is 1.35. The number of nitrogens with zero attached hydrogens (tertiary/aromatic N) is 2. The Kier molecular flexibility index (Phi) is 6.32. The maximum absolute atomic E-state index is 13.4. The number of aliphatic imine (C=N–C) groups is 1. The number of piperidine rings is 1. The predicted molar refractivity (Wildman–Crippen MR) is 122 cm³/mol. The first-order valence-corrected chi connectivity index (χ1v) is 10.4. The highest BCUT2D eigenvalue weighted by atomic mass is 19.1. The van der Waals surface area contributed by atoms with Gasteiger partial charge in [-0.15, -0.1) is 0 Å². The van der Waals surface area contributed by atoms with E-state index in [9.17, 15) is 9.18 Å². The fourth-order valence-electron chi connectivity index (χ4n) is 3.73. The van der Waals surface area contributed by atoms with Gasteiger partial charge in [-0.2, -0.15) is 0 Å². The van der Waals surface area contributed by atoms with Gasteiger partial charge in [0, 0.05) is 36.0 Å². The fourth-order valence-corrected chi connectivity index (χ4v) is 3.73. The van der Waals surface area contributed by atoms with Crippen LogP contribution in [0.5, 0.6) is 0 Å². The number of carbonyl (C=O) groups excluding carboxylic acids is 1. The highest BCUT2D eigenvalue weighted by Crippen LogP contribution is 2.20. The van der Waals surface area contributed by atoms with E-state index in [-0.39, 0.29) is 17.4 Å². The van der Waals surface area contributed by atoms with E-state index in [1.165, 1.54) is 12.1 Å². The van der Waals surface area contributed by atoms with Gasteiger partial charge in [0.05, 0.1) is 11.4 Å². The molecule has 0 aromatic heterocycles. The largest absolute Gasteiger partial charge is 0.339 e. The molecule has 1 N–H and O–H groups in total. The highest BCUT2D eigenvalue weighted by molar-refractivity contribution is 6.11. The monoisotopic (exact) mass is 413 g/mol. The average Bonchev–Trinajstić information content (AvgIpc) is 2.83. The van der Waals surface area contributed by atoms with Crippen molar-refractivity contribution < 1.29 is 9.18 Å². The van der Waals surface area contributed by atoms with E-state index < -0.39 is 0 Å². The molecular weight excluding hydrogens is 389 g/mol. The van der Waals surface area contributed by atoms with Crippen molar-refractivity contribution in [3.63, 3.8) is 0 Å². The quantitative estimate of drug-likeness (QED) is 0.552. The molecule has 1 fully saturated rings. The van der Waals surface area contributed by atoms with Gasteiger partial charge in [0.1, 0.15) is 5.82 Å². The maximum Gasteiger partial charge on any atom is 0.253 e. The van der Waals surface area contributed by atoms with Crippen LogP contribution < -0.4 is 0 Å². The first kappa shape index (κ1) is 20.7. The standard InChI is InChI=1S/C26H24FN3O/c27-23-6-4-5-22(17-23)25(28)20-9-11-21(12-10-20)26(31)30-15-13-19(14-16-30)18-29-24-7-2-1-3-8-24/h1-12,17-19,28H,13-16H2. The van der Waals surface area contributed by atoms with Gasteiger partial charge >= 0.3 is 0 Å². The number of nitrogens with one attached hydrogen (secondary N) is 1. The molecule has 1 amide bonds. The van der Waals surface area contributed by atoms with Gasteiger partial charge in [-0.1, -0.05) is 42.5 Å². The summed E-state index contributed by atoms with van der Waals surface area (Å²) in [5.74, 6) is 0.00641. The molecule has 0 radical (unpaired) electrons. The molecule has 1 heterocycles. The van der Waals surface area contributed by atoms with Gasteiger partial charge in [-0.3, -0.25) is 15.2 Å². The van der Waals surface area contributed by atoms with E-state index in [1.54, 1.807) is 36.4 Å². The molecule has 0 aliphatic carbocycles. The summed E-state index contributed by atoms with van der Waals surface area (Å²) in [5, 5.41) is 8.29. The van der Waals surface area contributed by atoms with E-state index >= 15 is 0 Å². The predicted octanol–water partition coefficient (Wildman–Crippen LogP) is 5.50. The minimum Gasteiger partial charge on any atom is -0.339 e. The summed E-state index contributed by atoms with van der Waals surface area (Å²) in [6.07, 6.45) is 3.79. The molecule has 1 saturated heterocycles. The molecule has 3 aromatic rings. The lowest BCUT2D eigenvalue weighted by molar-refractivity contribution is 0.0711. The second-order valence-electron chi connectivity index (χ2n) is 7.71. The third-order valence-electron chi connectivity index (χ3n) is 5.55. The molecule has 0 atom stereocenters. The van der Waals surface area contributed by atoms with Crippen LogP contribution in [0.3, 0.4) is 0 Å². The number of carbonyl (C=O) groups is 1. The van der Waals surface area contributed by atoms with Gasteiger partial charge in [0.25, 0.3) is 5.91 Å². The van der Waals surface area contributed by atoms with Crippen molar-refractivity contribution in [1.82, 2.24) is 4.90 Å². The van der Waals surface area contributed by atoms with Crippen molar-refractivity contribution in [2.75, 3.05) is 13.1 Å². The summed E-state index contributed by atoms with van der Waals surface area (Å²) in [6, 6.07) is 22.8. The lowest BCUT2D eigenvalue weighted by atomic mass is 9.97. The molecule has 1 aliphatic heterocycles. The van der Waals surface area contributed by atoms with Gasteiger partial charge in [-0.05, 0) is 55.2 Å². The van der Waals surface area contributed by atoms with Crippen molar-refractivity contribution in [3.8, 4) is 0 Å². The first-order valence-electron chi connectivity index (χ1n) is 10.4. The number of halogens is 1. The fraction of sp³-hybridized carbons (Fsp3) is 0.192. The number of likely N-dealkylation sites (tertiary alicyclic amines) is 1. The second kappa shape index (κ2) is 9.47. The van der Waals surface area contributed by atoms with E-state index in [0.717, 1.165) is 18.5 Å². The Bertz CT molecular complexity index is 1090. The molecule has 4 nitrogen and oxygen atoms in total. The van der Waals surface area contributed by atoms with Crippen LogP contribution in [0.25, 0.3) is 0 Å². The van der Waals surface area contributed by atoms with Crippen LogP contribution in [0.2, 0.25) is 0 Å². The Morgan fingerprint density at radius 3 is 2.26 bits per heavy atom. The molecule has 0 unspecified atom stereocenters. The molecule has 156 valence electrons. The topological polar surface area (TPSA) is 56.5 Å². The van der Waals surface area contributed by atoms with E-state index in [1.807, 2.05) is 41.4 Å². The average molecular weight is 413 g/mol. The van der Waals surface area contributed by atoms with Gasteiger partial charge in [0.2, 0.25) is 0 Å². The minimum absolute atomic E-state index is 0.00212. The molecule has 0 spiro atoms. The van der Waals surface area contributed by atoms with E-state index in [0.29, 0.717) is 35.7 Å². The Morgan fingerprint density at radius 2 is 1.58 bits per heavy atom. The third kappa shape index (κ3) is 5.12. The van der Waals surface area contributed by atoms with Crippen molar-refractivity contribution in [2.24, 2.45) is 10.9 Å². The normalized spacial score (nSPS) is 14.7. The number of rotatable bonds is 5. The maximum atomic E-state index is 13.4. The number of hydrogen-bond donors (Lipinski definition) is 1. The van der Waals surface area contributed by atoms with Gasteiger partial charge in [-0.25, -0.2) is 4.39 Å². The highest BCUT2D eigenvalue weighted by Gasteiger charge is 2.23. The smallest absolute Gasteiger partial charge is 0.253 e. The lowest BCUT2D eigenvalue weighted by Gasteiger charge is -2.30. The van der Waals surface area contributed by atoms with Gasteiger partial charge in [0.15, 0.2) is 0 Å². The number of hydrogen-bond acceptors (Lipinski definition) is 3. The number of para-hydroxylation sites is 1. The summed E-state index contributed by atoms with van der Waals surface area (Å²) in [6.45, 7) is 1.40. The van der Waals surface area contributed by atoms with E-state index in [4.69, 9.17) is 5.41 Å². The Labute approximate surface area is 181 Å². The van der Waals surface area contributed by atoms with Crippen molar-refractivity contribution >= 4 is 23.5 Å². The summed E-state index contributed by atoms with van der Waals surface area (Å²) in [7, 11) is 0. The van der Waals surface area contributed by atoms with Crippen LogP contribution in [-0.4, -0.2) is 35.8 Å². The van der Waals surface area contributed by atoms with Crippen molar-refractivity contribution in [3.05, 3.63) is 101 Å². The number of benzene rings is 3. The zero-order valence-corrected chi connectivity index (χ0v) is 17.2. The molecule has 5 heteroatoms. The summed E-state index contributed by atoms with van der Waals surface area (Å²) < 4.78 is 13.4. The molecule has 4 rings (SSSR count). The molecule has 31 heavy (non-hydrogen) atoms. The molecule has 0 saturated carbocycles. The number of amides is 1. The zero-order chi connectivity index (χ0) is 21.6. The third-order valence-corrected chi connectivity index (χ3v) is 5.55. The molecular formula is C26H24FN3O. The lowest BCUT2D eigenvalue weighted by Crippen LogP contribution is -2.38. The SMILES string of the molecule is N=C(c1ccc(C(=O)N2CCC(C=Nc3ccccc3)CC2)cc1)c1cccc(F)c1. The second-order valence-corrected chi connectivity index (χ2v) is 7.71. The van der Waals surface area contributed by atoms with Crippen LogP contribution in [0.15, 0.2) is 83.9 Å².